The second-order valence-electron chi connectivity index (χ2n) is 9.38. The van der Waals surface area contributed by atoms with E-state index < -0.39 is 25.3 Å². The largest absolute Gasteiger partial charge is 0.411 e. The van der Waals surface area contributed by atoms with Gasteiger partial charge >= 0.3 is 6.18 Å². The van der Waals surface area contributed by atoms with Crippen molar-refractivity contribution in [3.8, 4) is 0 Å². The van der Waals surface area contributed by atoms with Gasteiger partial charge in [0.05, 0.1) is 0 Å². The van der Waals surface area contributed by atoms with E-state index >= 15 is 0 Å². The van der Waals surface area contributed by atoms with Gasteiger partial charge in [-0.2, -0.15) is 13.2 Å². The molecule has 0 spiro atoms. The summed E-state index contributed by atoms with van der Waals surface area (Å²) >= 11 is 6.39. The van der Waals surface area contributed by atoms with Gasteiger partial charge in [0.25, 0.3) is 0 Å². The number of likely N-dealkylation sites (tertiary alicyclic amines) is 1. The highest BCUT2D eigenvalue weighted by Gasteiger charge is 2.53. The van der Waals surface area contributed by atoms with Gasteiger partial charge in [-0.05, 0) is 53.6 Å². The predicted octanol–water partition coefficient (Wildman–Crippen LogP) is 4.63. The molecule has 176 valence electrons. The van der Waals surface area contributed by atoms with Gasteiger partial charge in [0.2, 0.25) is 5.91 Å². The Morgan fingerprint density at radius 1 is 1.12 bits per heavy atom. The molecule has 1 aliphatic heterocycles. The van der Waals surface area contributed by atoms with Gasteiger partial charge in [-0.25, -0.2) is 0 Å². The molecular weight excluding hydrogens is 453 g/mol. The molecule has 8 heteroatoms. The summed E-state index contributed by atoms with van der Waals surface area (Å²) in [5.74, 6) is -0.0924. The maximum atomic E-state index is 12.2. The minimum Gasteiger partial charge on any atom is -0.362 e. The first-order valence-corrected chi connectivity index (χ1v) is 11.7. The quantitative estimate of drug-likeness (QED) is 0.658. The maximum Gasteiger partial charge on any atom is 0.411 e. The number of alkyl halides is 3. The summed E-state index contributed by atoms with van der Waals surface area (Å²) in [6.45, 7) is 0.550. The number of nitrogens with one attached hydrogen (secondary N) is 1. The normalized spacial score (nSPS) is 24.5. The third-order valence-electron chi connectivity index (χ3n) is 7.26. The number of benzene rings is 2. The Morgan fingerprint density at radius 2 is 1.85 bits per heavy atom. The van der Waals surface area contributed by atoms with Crippen LogP contribution in [-0.4, -0.2) is 55.9 Å². The molecule has 2 aliphatic carbocycles. The zero-order valence-electron chi connectivity index (χ0n) is 18.1. The van der Waals surface area contributed by atoms with Crippen LogP contribution in [0.15, 0.2) is 42.5 Å². The number of hydrogen-bond acceptors (Lipinski definition) is 3. The van der Waals surface area contributed by atoms with Crippen LogP contribution in [0.3, 0.4) is 0 Å². The number of piperidine rings is 1. The molecular formula is C25H26ClF3N2O2. The lowest BCUT2D eigenvalue weighted by Gasteiger charge is -2.40. The Labute approximate surface area is 196 Å². The van der Waals surface area contributed by atoms with Crippen molar-refractivity contribution in [2.24, 2.45) is 0 Å². The Kier molecular flexibility index (Phi) is 5.91. The first kappa shape index (κ1) is 22.7. The maximum absolute atomic E-state index is 12.2. The van der Waals surface area contributed by atoms with Crippen molar-refractivity contribution in [1.82, 2.24) is 10.2 Å². The first-order chi connectivity index (χ1) is 15.7. The highest BCUT2D eigenvalue weighted by molar-refractivity contribution is 6.30. The van der Waals surface area contributed by atoms with Gasteiger partial charge in [-0.15, -0.1) is 0 Å². The third kappa shape index (κ3) is 4.38. The zero-order chi connectivity index (χ0) is 23.2. The van der Waals surface area contributed by atoms with E-state index in [1.165, 1.54) is 22.3 Å². The van der Waals surface area contributed by atoms with Crippen molar-refractivity contribution >= 4 is 17.5 Å². The van der Waals surface area contributed by atoms with Crippen molar-refractivity contribution in [3.05, 3.63) is 69.7 Å². The van der Waals surface area contributed by atoms with E-state index in [-0.39, 0.29) is 11.5 Å². The van der Waals surface area contributed by atoms with Gasteiger partial charge < -0.3 is 15.0 Å². The highest BCUT2D eigenvalue weighted by Crippen LogP contribution is 2.60. The number of carbonyl (C=O) groups excluding carboxylic acids is 1. The van der Waals surface area contributed by atoms with Crippen LogP contribution in [0.4, 0.5) is 13.2 Å². The molecule has 2 aromatic rings. The Balaban J connectivity index is 1.23. The molecule has 0 radical (unpaired) electrons. The molecule has 0 saturated carbocycles. The molecule has 3 aliphatic rings. The molecule has 1 heterocycles. The zero-order valence-corrected chi connectivity index (χ0v) is 18.9. The standard InChI is InChI=1S/C25H26ClF3N2O2/c26-16-5-6-19-20-12-24(22(19)11-16,21-4-2-1-3-18(20)21)14-31-9-7-17(8-10-31)30-23(32)13-33-15-25(27,28)29/h1-6,11,17,20H,7-10,12-15H2,(H,30,32). The second-order valence-corrected chi connectivity index (χ2v) is 9.82. The SMILES string of the molecule is O=C(COCC(F)(F)F)NC1CCN(CC23CC(c4ccccc42)c2ccc(Cl)cc23)CC1. The summed E-state index contributed by atoms with van der Waals surface area (Å²) in [4.78, 5) is 14.4. The number of rotatable bonds is 6. The van der Waals surface area contributed by atoms with Crippen LogP contribution < -0.4 is 5.32 Å². The molecule has 2 atom stereocenters. The summed E-state index contributed by atoms with van der Waals surface area (Å²) < 4.78 is 41.0. The van der Waals surface area contributed by atoms with Gasteiger partial charge in [-0.1, -0.05) is 41.9 Å². The Bertz CT molecular complexity index is 1050. The van der Waals surface area contributed by atoms with Crippen LogP contribution in [0.2, 0.25) is 5.02 Å². The van der Waals surface area contributed by atoms with E-state index in [1.807, 2.05) is 6.07 Å². The number of carbonyl (C=O) groups is 1. The molecule has 2 aromatic carbocycles. The van der Waals surface area contributed by atoms with Crippen molar-refractivity contribution in [3.63, 3.8) is 0 Å². The molecule has 0 aromatic heterocycles. The van der Waals surface area contributed by atoms with Crippen LogP contribution in [0, 0.1) is 0 Å². The summed E-state index contributed by atoms with van der Waals surface area (Å²) in [5, 5.41) is 3.57. The minimum atomic E-state index is -4.42. The van der Waals surface area contributed by atoms with Gasteiger partial charge in [-0.3, -0.25) is 4.79 Å². The molecule has 4 nitrogen and oxygen atoms in total. The van der Waals surface area contributed by atoms with Gasteiger partial charge in [0.15, 0.2) is 0 Å². The summed E-state index contributed by atoms with van der Waals surface area (Å²) in [5.41, 5.74) is 5.42. The summed E-state index contributed by atoms with van der Waals surface area (Å²) in [6, 6.07) is 14.9. The van der Waals surface area contributed by atoms with E-state index in [9.17, 15) is 18.0 Å². The number of halogens is 4. The lowest BCUT2D eigenvalue weighted by Crippen LogP contribution is -2.49. The molecule has 1 amide bonds. The second kappa shape index (κ2) is 8.60. The topological polar surface area (TPSA) is 41.6 Å². The highest BCUT2D eigenvalue weighted by atomic mass is 35.5. The number of amides is 1. The lowest BCUT2D eigenvalue weighted by atomic mass is 9.74. The number of fused-ring (bicyclic) bond motifs is 8. The van der Waals surface area contributed by atoms with E-state index in [0.29, 0.717) is 5.92 Å². The van der Waals surface area contributed by atoms with Crippen LogP contribution in [-0.2, 0) is 14.9 Å². The molecule has 5 rings (SSSR count). The van der Waals surface area contributed by atoms with Crippen LogP contribution >= 0.6 is 11.6 Å². The van der Waals surface area contributed by atoms with Crippen molar-refractivity contribution in [1.29, 1.82) is 0 Å². The molecule has 2 unspecified atom stereocenters. The average Bonchev–Trinajstić information content (AvgIpc) is 3.26. The Hall–Kier alpha value is -2.09. The van der Waals surface area contributed by atoms with E-state index in [4.69, 9.17) is 11.6 Å². The molecule has 1 saturated heterocycles. The van der Waals surface area contributed by atoms with E-state index in [0.717, 1.165) is 43.9 Å². The Morgan fingerprint density at radius 3 is 2.61 bits per heavy atom. The average molecular weight is 479 g/mol. The molecule has 2 bridgehead atoms. The van der Waals surface area contributed by atoms with Gasteiger partial charge in [0, 0.05) is 42.0 Å². The third-order valence-corrected chi connectivity index (χ3v) is 7.49. The fourth-order valence-electron chi connectivity index (χ4n) is 5.97. The number of ether oxygens (including phenoxy) is 1. The fourth-order valence-corrected chi connectivity index (χ4v) is 6.14. The van der Waals surface area contributed by atoms with Crippen LogP contribution in [0.25, 0.3) is 0 Å². The molecule has 1 fully saturated rings. The van der Waals surface area contributed by atoms with Gasteiger partial charge in [0.1, 0.15) is 13.2 Å². The number of hydrogen-bond donors (Lipinski definition) is 1. The smallest absolute Gasteiger partial charge is 0.362 e. The van der Waals surface area contributed by atoms with Crippen molar-refractivity contribution < 1.29 is 22.7 Å². The minimum absolute atomic E-state index is 0.0466. The number of nitrogens with zero attached hydrogens (tertiary/aromatic N) is 1. The van der Waals surface area contributed by atoms with E-state index in [1.54, 1.807) is 0 Å². The molecule has 1 N–H and O–H groups in total. The predicted molar refractivity (Wildman–Crippen MR) is 120 cm³/mol. The van der Waals surface area contributed by atoms with Crippen LogP contribution in [0.1, 0.15) is 47.4 Å². The fraction of sp³-hybridized carbons (Fsp3) is 0.480. The van der Waals surface area contributed by atoms with Crippen LogP contribution in [0.5, 0.6) is 0 Å². The summed E-state index contributed by atoms with van der Waals surface area (Å²) in [6.07, 6.45) is -1.86. The monoisotopic (exact) mass is 478 g/mol. The lowest BCUT2D eigenvalue weighted by molar-refractivity contribution is -0.175. The van der Waals surface area contributed by atoms with Crippen molar-refractivity contribution in [2.75, 3.05) is 32.8 Å². The molecule has 33 heavy (non-hydrogen) atoms. The first-order valence-electron chi connectivity index (χ1n) is 11.3. The van der Waals surface area contributed by atoms with E-state index in [2.05, 4.69) is 51.4 Å². The summed E-state index contributed by atoms with van der Waals surface area (Å²) in [7, 11) is 0. The van der Waals surface area contributed by atoms with Crippen molar-refractivity contribution in [2.45, 2.75) is 42.8 Å².